The van der Waals surface area contributed by atoms with Gasteiger partial charge in [-0.1, -0.05) is 74.5 Å². The first-order valence-corrected chi connectivity index (χ1v) is 12.5. The largest absolute Gasteiger partial charge is 0.355 e. The van der Waals surface area contributed by atoms with Crippen LogP contribution in [0.15, 0.2) is 91.0 Å². The van der Waals surface area contributed by atoms with E-state index in [1.807, 2.05) is 54.6 Å². The molecule has 0 aliphatic rings. The van der Waals surface area contributed by atoms with E-state index in [2.05, 4.69) is 81.1 Å². The summed E-state index contributed by atoms with van der Waals surface area (Å²) in [5.41, 5.74) is 6.02. The average Bonchev–Trinajstić information content (AvgIpc) is 3.48. The molecule has 188 valence electrons. The van der Waals surface area contributed by atoms with Crippen molar-refractivity contribution in [2.24, 2.45) is 5.92 Å². The van der Waals surface area contributed by atoms with Gasteiger partial charge in [-0.25, -0.2) is 4.98 Å². The number of nitrogens with one attached hydrogen (secondary N) is 2. The zero-order valence-corrected chi connectivity index (χ0v) is 21.3. The highest BCUT2D eigenvalue weighted by Crippen LogP contribution is 2.33. The van der Waals surface area contributed by atoms with Gasteiger partial charge in [0.2, 0.25) is 5.82 Å². The van der Waals surface area contributed by atoms with Crippen LogP contribution in [0.2, 0.25) is 0 Å². The number of tetrazole rings is 1. The topological polar surface area (TPSA) is 106 Å². The summed E-state index contributed by atoms with van der Waals surface area (Å²) < 4.78 is 0. The highest BCUT2D eigenvalue weighted by molar-refractivity contribution is 5.81. The molecule has 0 unspecified atom stereocenters. The van der Waals surface area contributed by atoms with Crippen LogP contribution in [-0.4, -0.2) is 32.2 Å². The van der Waals surface area contributed by atoms with Gasteiger partial charge < -0.3 is 10.2 Å². The van der Waals surface area contributed by atoms with Crippen LogP contribution in [0.3, 0.4) is 0 Å². The smallest absolute Gasteiger partial charge is 0.205 e. The second-order valence-electron chi connectivity index (χ2n) is 9.46. The number of pyridine rings is 1. The highest BCUT2D eigenvalue weighted by atomic mass is 15.5. The third-order valence-corrected chi connectivity index (χ3v) is 6.01. The number of nitrogens with zero attached hydrogens (tertiary/aromatic N) is 6. The van der Waals surface area contributed by atoms with Crippen LogP contribution < -0.4 is 10.2 Å². The Kier molecular flexibility index (Phi) is 7.37. The summed E-state index contributed by atoms with van der Waals surface area (Å²) in [5.74, 6) is 1.79. The molecule has 0 radical (unpaired) electrons. The molecule has 3 aromatic carbocycles. The zero-order chi connectivity index (χ0) is 26.3. The summed E-state index contributed by atoms with van der Waals surface area (Å²) in [7, 11) is 0. The third-order valence-electron chi connectivity index (χ3n) is 6.01. The molecule has 0 bridgehead atoms. The van der Waals surface area contributed by atoms with Gasteiger partial charge in [0.25, 0.3) is 0 Å². The Hall–Kier alpha value is -5.03. The number of benzene rings is 3. The summed E-state index contributed by atoms with van der Waals surface area (Å²) in [6.07, 6.45) is 0. The summed E-state index contributed by atoms with van der Waals surface area (Å²) >= 11 is 0. The van der Waals surface area contributed by atoms with Gasteiger partial charge in [0.15, 0.2) is 0 Å². The van der Waals surface area contributed by atoms with Crippen LogP contribution in [0.5, 0.6) is 0 Å². The van der Waals surface area contributed by atoms with Crippen molar-refractivity contribution in [2.45, 2.75) is 20.4 Å². The average molecular weight is 501 g/mol. The minimum atomic E-state index is 0.430. The molecule has 5 aromatic rings. The molecule has 0 spiro atoms. The molecule has 0 atom stereocenters. The standard InChI is InChI=1S/C30H28N8/c1-21(2)19-38(20-22-9-4-3-5-10-22)29-17-25(32-24-12-8-11-23(15-24)18-31)16-28(33-29)26-13-6-7-14-27(26)30-34-36-37-35-30/h3-17,21H,19-20H2,1-2H3,(H,32,33)(H,34,35,36,37). The Morgan fingerprint density at radius 3 is 2.42 bits per heavy atom. The van der Waals surface area contributed by atoms with Crippen LogP contribution in [-0.2, 0) is 6.54 Å². The van der Waals surface area contributed by atoms with Crippen molar-refractivity contribution < 1.29 is 0 Å². The number of hydrogen-bond donors (Lipinski definition) is 2. The fraction of sp³-hybridized carbons (Fsp3) is 0.167. The minimum Gasteiger partial charge on any atom is -0.355 e. The monoisotopic (exact) mass is 500 g/mol. The number of hydrogen-bond acceptors (Lipinski definition) is 7. The molecule has 0 saturated carbocycles. The molecule has 5 rings (SSSR count). The van der Waals surface area contributed by atoms with E-state index in [-0.39, 0.29) is 0 Å². The molecule has 0 fully saturated rings. The lowest BCUT2D eigenvalue weighted by Gasteiger charge is -2.27. The van der Waals surface area contributed by atoms with E-state index in [0.29, 0.717) is 17.3 Å². The maximum absolute atomic E-state index is 9.37. The molecule has 2 aromatic heterocycles. The van der Waals surface area contributed by atoms with E-state index >= 15 is 0 Å². The van der Waals surface area contributed by atoms with Crippen molar-refractivity contribution in [3.8, 4) is 28.7 Å². The molecule has 0 aliphatic heterocycles. The van der Waals surface area contributed by atoms with Gasteiger partial charge >= 0.3 is 0 Å². The van der Waals surface area contributed by atoms with Gasteiger partial charge in [-0.2, -0.15) is 10.5 Å². The van der Waals surface area contributed by atoms with E-state index in [1.54, 1.807) is 6.07 Å². The molecule has 2 heterocycles. The second kappa shape index (κ2) is 11.4. The highest BCUT2D eigenvalue weighted by Gasteiger charge is 2.17. The van der Waals surface area contributed by atoms with Crippen molar-refractivity contribution in [1.29, 1.82) is 5.26 Å². The lowest BCUT2D eigenvalue weighted by molar-refractivity contribution is 0.605. The molecule has 8 heteroatoms. The van der Waals surface area contributed by atoms with E-state index in [0.717, 1.165) is 47.1 Å². The summed E-state index contributed by atoms with van der Waals surface area (Å²) in [6, 6.07) is 32.1. The van der Waals surface area contributed by atoms with Gasteiger partial charge in [-0.15, -0.1) is 10.2 Å². The van der Waals surface area contributed by atoms with Crippen molar-refractivity contribution >= 4 is 17.2 Å². The SMILES string of the molecule is CC(C)CN(Cc1ccccc1)c1cc(Nc2cccc(C#N)c2)cc(-c2ccccc2-c2nn[nH]n2)n1. The van der Waals surface area contributed by atoms with Crippen LogP contribution in [0, 0.1) is 17.2 Å². The molecule has 0 aliphatic carbocycles. The first-order valence-electron chi connectivity index (χ1n) is 12.5. The maximum Gasteiger partial charge on any atom is 0.205 e. The number of rotatable bonds is 9. The first kappa shape index (κ1) is 24.7. The van der Waals surface area contributed by atoms with Crippen LogP contribution in [0.25, 0.3) is 22.6 Å². The van der Waals surface area contributed by atoms with E-state index in [9.17, 15) is 5.26 Å². The predicted octanol–water partition coefficient (Wildman–Crippen LogP) is 6.21. The zero-order valence-electron chi connectivity index (χ0n) is 21.3. The fourth-order valence-electron chi connectivity index (χ4n) is 4.38. The Morgan fingerprint density at radius 2 is 1.68 bits per heavy atom. The molecular formula is C30H28N8. The van der Waals surface area contributed by atoms with Crippen LogP contribution in [0.1, 0.15) is 25.0 Å². The van der Waals surface area contributed by atoms with Crippen molar-refractivity contribution in [2.75, 3.05) is 16.8 Å². The minimum absolute atomic E-state index is 0.430. The fourth-order valence-corrected chi connectivity index (χ4v) is 4.38. The summed E-state index contributed by atoms with van der Waals surface area (Å²) in [6.45, 7) is 5.98. The van der Waals surface area contributed by atoms with Crippen molar-refractivity contribution in [3.05, 3.63) is 102 Å². The van der Waals surface area contributed by atoms with E-state index in [4.69, 9.17) is 4.98 Å². The van der Waals surface area contributed by atoms with Gasteiger partial charge in [0.1, 0.15) is 5.82 Å². The maximum atomic E-state index is 9.37. The number of H-pyrrole nitrogens is 1. The lowest BCUT2D eigenvalue weighted by atomic mass is 10.0. The van der Waals surface area contributed by atoms with Gasteiger partial charge in [-0.3, -0.25) is 0 Å². The first-order chi connectivity index (χ1) is 18.6. The number of aromatic nitrogens is 5. The third kappa shape index (κ3) is 5.85. The van der Waals surface area contributed by atoms with Gasteiger partial charge in [-0.05, 0) is 41.0 Å². The summed E-state index contributed by atoms with van der Waals surface area (Å²) in [5, 5.41) is 27.6. The molecular weight excluding hydrogens is 472 g/mol. The Morgan fingerprint density at radius 1 is 0.895 bits per heavy atom. The molecule has 38 heavy (non-hydrogen) atoms. The van der Waals surface area contributed by atoms with E-state index < -0.39 is 0 Å². The predicted molar refractivity (Wildman–Crippen MR) is 150 cm³/mol. The second-order valence-corrected chi connectivity index (χ2v) is 9.46. The molecule has 2 N–H and O–H groups in total. The van der Waals surface area contributed by atoms with Crippen LogP contribution >= 0.6 is 0 Å². The van der Waals surface area contributed by atoms with Gasteiger partial charge in [0, 0.05) is 41.7 Å². The van der Waals surface area contributed by atoms with Crippen LogP contribution in [0.4, 0.5) is 17.2 Å². The number of aromatic amines is 1. The number of anilines is 3. The van der Waals surface area contributed by atoms with Crippen molar-refractivity contribution in [1.82, 2.24) is 25.6 Å². The molecule has 0 amide bonds. The van der Waals surface area contributed by atoms with Gasteiger partial charge in [0.05, 0.1) is 17.3 Å². The van der Waals surface area contributed by atoms with E-state index in [1.165, 1.54) is 5.56 Å². The Bertz CT molecular complexity index is 1540. The lowest BCUT2D eigenvalue weighted by Crippen LogP contribution is -2.28. The number of nitriles is 1. The normalized spacial score (nSPS) is 10.8. The Labute approximate surface area is 222 Å². The Balaban J connectivity index is 1.63. The molecule has 0 saturated heterocycles. The summed E-state index contributed by atoms with van der Waals surface area (Å²) in [4.78, 5) is 7.45. The quantitative estimate of drug-likeness (QED) is 0.248. The van der Waals surface area contributed by atoms with Crippen molar-refractivity contribution in [3.63, 3.8) is 0 Å². The molecule has 8 nitrogen and oxygen atoms in total.